The van der Waals surface area contributed by atoms with E-state index in [9.17, 15) is 13.6 Å². The van der Waals surface area contributed by atoms with Crippen LogP contribution in [0.25, 0.3) is 33.8 Å². The number of amides is 1. The molecule has 4 aromatic heterocycles. The minimum atomic E-state index is -2.89. The molecule has 1 fully saturated rings. The number of piperazine rings is 1. The molecule has 228 valence electrons. The summed E-state index contributed by atoms with van der Waals surface area (Å²) in [5, 5.41) is 11.4. The first-order valence-corrected chi connectivity index (χ1v) is 14.4. The summed E-state index contributed by atoms with van der Waals surface area (Å²) < 4.78 is 34.4. The number of pyridine rings is 1. The highest BCUT2D eigenvalue weighted by atomic mass is 19.3. The molecular formula is C31H28F2N10O2. The monoisotopic (exact) mass is 610 g/mol. The molecule has 0 spiro atoms. The van der Waals surface area contributed by atoms with Crippen LogP contribution in [-0.2, 0) is 7.05 Å². The molecule has 1 atom stereocenters. The van der Waals surface area contributed by atoms with Gasteiger partial charge in [0.1, 0.15) is 17.0 Å². The van der Waals surface area contributed by atoms with E-state index in [0.29, 0.717) is 53.5 Å². The van der Waals surface area contributed by atoms with Gasteiger partial charge < -0.3 is 13.9 Å². The summed E-state index contributed by atoms with van der Waals surface area (Å²) >= 11 is 0. The van der Waals surface area contributed by atoms with Gasteiger partial charge in [0.25, 0.3) is 5.91 Å². The van der Waals surface area contributed by atoms with Crippen LogP contribution < -0.4 is 0 Å². The second kappa shape index (κ2) is 11.6. The van der Waals surface area contributed by atoms with Crippen molar-refractivity contribution in [3.05, 3.63) is 96.0 Å². The number of oxazole rings is 1. The summed E-state index contributed by atoms with van der Waals surface area (Å²) in [7, 11) is 1.97. The van der Waals surface area contributed by atoms with E-state index in [4.69, 9.17) is 9.40 Å². The van der Waals surface area contributed by atoms with Gasteiger partial charge in [0.05, 0.1) is 17.9 Å². The van der Waals surface area contributed by atoms with Gasteiger partial charge in [-0.1, -0.05) is 35.1 Å². The molecule has 0 N–H and O–H groups in total. The molecule has 2 aromatic carbocycles. The zero-order valence-electron chi connectivity index (χ0n) is 24.5. The minimum Gasteiger partial charge on any atom is -0.436 e. The van der Waals surface area contributed by atoms with E-state index >= 15 is 0 Å². The van der Waals surface area contributed by atoms with Crippen LogP contribution >= 0.6 is 0 Å². The number of aryl methyl sites for hydroxylation is 1. The molecule has 0 unspecified atom stereocenters. The zero-order valence-corrected chi connectivity index (χ0v) is 24.5. The van der Waals surface area contributed by atoms with Crippen LogP contribution in [-0.4, -0.2) is 81.6 Å². The predicted molar refractivity (Wildman–Crippen MR) is 159 cm³/mol. The highest BCUT2D eigenvalue weighted by Crippen LogP contribution is 2.30. The molecule has 45 heavy (non-hydrogen) atoms. The number of hydrogen-bond donors (Lipinski definition) is 0. The number of carbonyl (C=O) groups excluding carboxylic acids is 1. The predicted octanol–water partition coefficient (Wildman–Crippen LogP) is 4.53. The van der Waals surface area contributed by atoms with Crippen LogP contribution in [0.1, 0.15) is 40.3 Å². The fourth-order valence-corrected chi connectivity index (χ4v) is 5.59. The van der Waals surface area contributed by atoms with Gasteiger partial charge in [-0.3, -0.25) is 14.7 Å². The molecule has 1 aliphatic rings. The highest BCUT2D eigenvalue weighted by molar-refractivity contribution is 5.93. The summed E-state index contributed by atoms with van der Waals surface area (Å²) in [6, 6.07) is 18.2. The maximum Gasteiger partial charge on any atom is 0.350 e. The molecule has 0 bridgehead atoms. The summed E-state index contributed by atoms with van der Waals surface area (Å²) in [6.07, 6.45) is 3.40. The Morgan fingerprint density at radius 3 is 2.47 bits per heavy atom. The Bertz CT molecular complexity index is 1980. The van der Waals surface area contributed by atoms with Crippen LogP contribution in [0.4, 0.5) is 8.78 Å². The molecule has 1 amide bonds. The van der Waals surface area contributed by atoms with Gasteiger partial charge in [-0.15, -0.1) is 10.2 Å². The van der Waals surface area contributed by atoms with Crippen molar-refractivity contribution in [3.8, 4) is 22.7 Å². The molecule has 6 aromatic rings. The largest absolute Gasteiger partial charge is 0.436 e. The molecule has 0 saturated carbocycles. The number of nitrogens with zero attached hydrogens (tertiary/aromatic N) is 10. The van der Waals surface area contributed by atoms with Crippen LogP contribution in [0, 0.1) is 6.92 Å². The Morgan fingerprint density at radius 2 is 1.76 bits per heavy atom. The normalized spacial score (nSPS) is 14.8. The Labute approximate surface area is 255 Å². The van der Waals surface area contributed by atoms with E-state index in [0.717, 1.165) is 22.6 Å². The van der Waals surface area contributed by atoms with Crippen molar-refractivity contribution in [1.82, 2.24) is 49.5 Å². The van der Waals surface area contributed by atoms with Gasteiger partial charge in [-0.2, -0.15) is 8.78 Å². The second-order valence-electron chi connectivity index (χ2n) is 10.8. The number of hydrogen-bond acceptors (Lipinski definition) is 9. The number of alkyl halides is 2. The number of rotatable bonds is 7. The molecule has 1 aliphatic heterocycles. The van der Waals surface area contributed by atoms with Crippen molar-refractivity contribution in [2.45, 2.75) is 19.5 Å². The summed E-state index contributed by atoms with van der Waals surface area (Å²) in [4.78, 5) is 31.1. The fraction of sp³-hybridized carbons (Fsp3) is 0.258. The zero-order chi connectivity index (χ0) is 31.1. The Balaban J connectivity index is 1.08. The first-order valence-electron chi connectivity index (χ1n) is 14.4. The maximum atomic E-state index is 13.5. The van der Waals surface area contributed by atoms with E-state index in [1.807, 2.05) is 73.3 Å². The van der Waals surface area contributed by atoms with Gasteiger partial charge in [0.2, 0.25) is 5.89 Å². The first kappa shape index (κ1) is 28.4. The van der Waals surface area contributed by atoms with Crippen LogP contribution in [0.5, 0.6) is 0 Å². The highest BCUT2D eigenvalue weighted by Gasteiger charge is 2.32. The van der Waals surface area contributed by atoms with E-state index in [-0.39, 0.29) is 17.4 Å². The maximum absolute atomic E-state index is 13.5. The summed E-state index contributed by atoms with van der Waals surface area (Å²) in [6.45, 7) is 0.801. The number of fused-ring (bicyclic) bond motifs is 1. The molecule has 7 rings (SSSR count). The number of tetrazole rings is 1. The topological polar surface area (TPSA) is 124 Å². The molecule has 0 aliphatic carbocycles. The summed E-state index contributed by atoms with van der Waals surface area (Å²) in [5.74, 6) is 1.25. The standard InChI is InChI=1S/C31H28F2N10O2/c1-19-35-18-25(40(19)2)21-8-9-26-23(16-21)36-29(45-26)22-10-11-34-24(17-22)30(44)42-14-12-41(13-15-42)27(20-6-4-3-5-7-20)28-37-39-43(38-28)31(32)33/h3-11,16-18,27,31H,12-15H2,1-2H3/t27-/m0/s1. The van der Waals surface area contributed by atoms with Crippen molar-refractivity contribution < 1.29 is 18.0 Å². The molecule has 1 saturated heterocycles. The first-order chi connectivity index (χ1) is 21.9. The smallest absolute Gasteiger partial charge is 0.350 e. The van der Waals surface area contributed by atoms with Crippen LogP contribution in [0.15, 0.2) is 77.5 Å². The number of halogens is 2. The lowest BCUT2D eigenvalue weighted by molar-refractivity contribution is 0.0385. The van der Waals surface area contributed by atoms with Gasteiger partial charge in [0.15, 0.2) is 11.4 Å². The molecule has 5 heterocycles. The third kappa shape index (κ3) is 5.44. The van der Waals surface area contributed by atoms with Crippen molar-refractivity contribution in [2.24, 2.45) is 7.05 Å². The van der Waals surface area contributed by atoms with E-state index in [1.165, 1.54) is 0 Å². The Morgan fingerprint density at radius 1 is 0.956 bits per heavy atom. The van der Waals surface area contributed by atoms with Gasteiger partial charge in [-0.25, -0.2) is 9.97 Å². The minimum absolute atomic E-state index is 0.177. The lowest BCUT2D eigenvalue weighted by Gasteiger charge is -2.38. The average Bonchev–Trinajstić information content (AvgIpc) is 3.81. The lowest BCUT2D eigenvalue weighted by atomic mass is 10.0. The van der Waals surface area contributed by atoms with Crippen molar-refractivity contribution >= 4 is 17.0 Å². The molecular weight excluding hydrogens is 582 g/mol. The van der Waals surface area contributed by atoms with E-state index in [2.05, 4.69) is 30.3 Å². The molecule has 12 nitrogen and oxygen atoms in total. The average molecular weight is 611 g/mol. The third-order valence-corrected chi connectivity index (χ3v) is 8.07. The SMILES string of the molecule is Cc1ncc(-c2ccc3oc(-c4ccnc(C(=O)N5CCN([C@@H](c6ccccc6)c6nnn(C(F)F)n6)CC5)c4)nc3c2)n1C. The van der Waals surface area contributed by atoms with Gasteiger partial charge in [0, 0.05) is 50.6 Å². The van der Waals surface area contributed by atoms with E-state index in [1.54, 1.807) is 23.2 Å². The number of carbonyl (C=O) groups is 1. The van der Waals surface area contributed by atoms with Gasteiger partial charge in [-0.05, 0) is 48.0 Å². The Hall–Kier alpha value is -5.37. The van der Waals surface area contributed by atoms with Gasteiger partial charge >= 0.3 is 6.55 Å². The number of benzene rings is 2. The molecule has 14 heteroatoms. The lowest BCUT2D eigenvalue weighted by Crippen LogP contribution is -2.50. The van der Waals surface area contributed by atoms with Crippen molar-refractivity contribution in [2.75, 3.05) is 26.2 Å². The quantitative estimate of drug-likeness (QED) is 0.257. The number of aromatic nitrogens is 8. The van der Waals surface area contributed by atoms with Crippen LogP contribution in [0.2, 0.25) is 0 Å². The van der Waals surface area contributed by atoms with Crippen molar-refractivity contribution in [3.63, 3.8) is 0 Å². The second-order valence-corrected chi connectivity index (χ2v) is 10.8. The number of imidazole rings is 1. The van der Waals surface area contributed by atoms with Crippen molar-refractivity contribution in [1.29, 1.82) is 0 Å². The Kier molecular flexibility index (Phi) is 7.33. The molecule has 0 radical (unpaired) electrons. The van der Waals surface area contributed by atoms with E-state index < -0.39 is 12.6 Å². The third-order valence-electron chi connectivity index (χ3n) is 8.07. The van der Waals surface area contributed by atoms with Crippen LogP contribution in [0.3, 0.4) is 0 Å². The summed E-state index contributed by atoms with van der Waals surface area (Å²) in [5.41, 5.74) is 5.03. The fourth-order valence-electron chi connectivity index (χ4n) is 5.59.